The quantitative estimate of drug-likeness (QED) is 0.348. The van der Waals surface area contributed by atoms with E-state index in [1.165, 1.54) is 4.90 Å². The number of hydrogen-bond donors (Lipinski definition) is 2. The molecule has 2 amide bonds. The van der Waals surface area contributed by atoms with Gasteiger partial charge in [0.1, 0.15) is 0 Å². The Morgan fingerprint density at radius 3 is 2.32 bits per heavy atom. The minimum atomic E-state index is -0.248. The zero-order valence-corrected chi connectivity index (χ0v) is 18.3. The van der Waals surface area contributed by atoms with Gasteiger partial charge in [0, 0.05) is 36.5 Å². The van der Waals surface area contributed by atoms with Crippen LogP contribution in [0, 0.1) is 0 Å². The Morgan fingerprint density at radius 2 is 1.58 bits per heavy atom. The number of benzene rings is 3. The van der Waals surface area contributed by atoms with Crippen LogP contribution >= 0.6 is 11.8 Å². The van der Waals surface area contributed by atoms with Crippen molar-refractivity contribution >= 4 is 29.3 Å². The topological polar surface area (TPSA) is 67.4 Å². The first kappa shape index (κ1) is 22.6. The highest BCUT2D eigenvalue weighted by Gasteiger charge is 2.14. The van der Waals surface area contributed by atoms with Crippen molar-refractivity contribution in [2.75, 3.05) is 25.6 Å². The lowest BCUT2D eigenvalue weighted by Crippen LogP contribution is -2.26. The van der Waals surface area contributed by atoms with Crippen molar-refractivity contribution in [3.63, 3.8) is 0 Å². The van der Waals surface area contributed by atoms with E-state index in [0.29, 0.717) is 30.0 Å². The van der Waals surface area contributed by atoms with E-state index in [9.17, 15) is 9.59 Å². The molecule has 0 aliphatic rings. The van der Waals surface area contributed by atoms with Crippen LogP contribution in [0.3, 0.4) is 0 Å². The molecule has 0 radical (unpaired) electrons. The monoisotopic (exact) mass is 434 g/mol. The molecular weight excluding hydrogens is 408 g/mol. The van der Waals surface area contributed by atoms with Gasteiger partial charge in [0.2, 0.25) is 0 Å². The molecule has 3 aromatic rings. The molecule has 0 saturated carbocycles. The summed E-state index contributed by atoms with van der Waals surface area (Å²) in [6, 6.07) is 24.7. The van der Waals surface area contributed by atoms with Crippen molar-refractivity contribution in [2.24, 2.45) is 0 Å². The fourth-order valence-electron chi connectivity index (χ4n) is 2.93. The first-order chi connectivity index (χ1) is 15.2. The first-order valence-electron chi connectivity index (χ1n) is 10.1. The number of rotatable bonds is 10. The van der Waals surface area contributed by atoms with Crippen molar-refractivity contribution in [1.82, 2.24) is 5.32 Å². The highest BCUT2D eigenvalue weighted by Crippen LogP contribution is 2.23. The average molecular weight is 435 g/mol. The summed E-state index contributed by atoms with van der Waals surface area (Å²) in [7, 11) is 1.63. The number of methoxy groups -OCH3 is 1. The molecule has 3 aromatic carbocycles. The van der Waals surface area contributed by atoms with E-state index in [1.807, 2.05) is 42.5 Å². The fourth-order valence-corrected chi connectivity index (χ4v) is 3.81. The molecule has 0 spiro atoms. The molecule has 0 atom stereocenters. The van der Waals surface area contributed by atoms with Crippen molar-refractivity contribution < 1.29 is 14.3 Å². The van der Waals surface area contributed by atoms with Gasteiger partial charge < -0.3 is 15.4 Å². The van der Waals surface area contributed by atoms with Gasteiger partial charge in [-0.3, -0.25) is 9.59 Å². The van der Waals surface area contributed by atoms with Crippen molar-refractivity contribution in [2.45, 2.75) is 17.1 Å². The molecule has 2 N–H and O–H groups in total. The Morgan fingerprint density at radius 1 is 0.871 bits per heavy atom. The Balaban J connectivity index is 1.59. The summed E-state index contributed by atoms with van der Waals surface area (Å²) in [6.45, 7) is 1.09. The average Bonchev–Trinajstić information content (AvgIpc) is 2.81. The van der Waals surface area contributed by atoms with Crippen LogP contribution in [0.15, 0.2) is 83.8 Å². The number of ether oxygens (including phenoxy) is 1. The number of thioether (sulfide) groups is 1. The lowest BCUT2D eigenvalue weighted by molar-refractivity contribution is 0.0949. The summed E-state index contributed by atoms with van der Waals surface area (Å²) in [4.78, 5) is 26.4. The molecule has 160 valence electrons. The van der Waals surface area contributed by atoms with Gasteiger partial charge in [-0.15, -0.1) is 11.8 Å². The predicted octanol–water partition coefficient (Wildman–Crippen LogP) is 5.00. The summed E-state index contributed by atoms with van der Waals surface area (Å²) in [5.74, 6) is 0.361. The highest BCUT2D eigenvalue weighted by atomic mass is 32.2. The van der Waals surface area contributed by atoms with Crippen LogP contribution in [0.2, 0.25) is 0 Å². The number of para-hydroxylation sites is 1. The second-order valence-electron chi connectivity index (χ2n) is 6.90. The molecule has 0 unspecified atom stereocenters. The largest absolute Gasteiger partial charge is 0.385 e. The number of carbonyl (C=O) groups excluding carboxylic acids is 2. The third-order valence-corrected chi connectivity index (χ3v) is 5.68. The van der Waals surface area contributed by atoms with E-state index >= 15 is 0 Å². The molecule has 0 bridgehead atoms. The standard InChI is InChI=1S/C25H26N2O3S/c1-30-17-7-16-26-25(29)22-10-5-6-11-23(22)27-24(28)20-14-12-19(13-15-20)18-31-21-8-3-2-4-9-21/h2-6,8-15H,7,16-18H2,1H3,(H,26,29)(H,27,28). The molecule has 0 aliphatic heterocycles. The van der Waals surface area contributed by atoms with E-state index in [0.717, 1.165) is 17.7 Å². The number of hydrogen-bond acceptors (Lipinski definition) is 4. The lowest BCUT2D eigenvalue weighted by Gasteiger charge is -2.12. The smallest absolute Gasteiger partial charge is 0.255 e. The molecule has 5 nitrogen and oxygen atoms in total. The van der Waals surface area contributed by atoms with E-state index in [1.54, 1.807) is 43.1 Å². The van der Waals surface area contributed by atoms with Gasteiger partial charge in [-0.25, -0.2) is 0 Å². The summed E-state index contributed by atoms with van der Waals surface area (Å²) in [5, 5.41) is 5.71. The van der Waals surface area contributed by atoms with E-state index < -0.39 is 0 Å². The maximum absolute atomic E-state index is 12.7. The SMILES string of the molecule is COCCCNC(=O)c1ccccc1NC(=O)c1ccc(CSc2ccccc2)cc1. The van der Waals surface area contributed by atoms with Gasteiger partial charge in [0.25, 0.3) is 11.8 Å². The van der Waals surface area contributed by atoms with Crippen molar-refractivity contribution in [3.8, 4) is 0 Å². The summed E-state index contributed by atoms with van der Waals surface area (Å²) < 4.78 is 4.99. The molecule has 3 rings (SSSR count). The van der Waals surface area contributed by atoms with Gasteiger partial charge >= 0.3 is 0 Å². The van der Waals surface area contributed by atoms with Crippen LogP contribution in [-0.2, 0) is 10.5 Å². The minimum absolute atomic E-state index is 0.222. The zero-order chi connectivity index (χ0) is 21.9. The second kappa shape index (κ2) is 11.9. The van der Waals surface area contributed by atoms with Gasteiger partial charge in [-0.2, -0.15) is 0 Å². The molecule has 31 heavy (non-hydrogen) atoms. The Labute approximate surface area is 187 Å². The van der Waals surface area contributed by atoms with E-state index in [-0.39, 0.29) is 11.8 Å². The normalized spacial score (nSPS) is 10.5. The highest BCUT2D eigenvalue weighted by molar-refractivity contribution is 7.98. The number of carbonyl (C=O) groups is 2. The van der Waals surface area contributed by atoms with E-state index in [2.05, 4.69) is 22.8 Å². The molecular formula is C25H26N2O3S. The summed E-state index contributed by atoms with van der Waals surface area (Å²) >= 11 is 1.75. The molecule has 0 aliphatic carbocycles. The van der Waals surface area contributed by atoms with Crippen LogP contribution in [0.25, 0.3) is 0 Å². The lowest BCUT2D eigenvalue weighted by atomic mass is 10.1. The third kappa shape index (κ3) is 6.98. The maximum atomic E-state index is 12.7. The maximum Gasteiger partial charge on any atom is 0.255 e. The number of nitrogens with one attached hydrogen (secondary N) is 2. The van der Waals surface area contributed by atoms with Gasteiger partial charge in [-0.05, 0) is 48.4 Å². The van der Waals surface area contributed by atoms with E-state index in [4.69, 9.17) is 4.74 Å². The Kier molecular flexibility index (Phi) is 8.70. The third-order valence-electron chi connectivity index (χ3n) is 4.60. The van der Waals surface area contributed by atoms with Gasteiger partial charge in [-0.1, -0.05) is 42.5 Å². The molecule has 6 heteroatoms. The van der Waals surface area contributed by atoms with Crippen LogP contribution in [0.5, 0.6) is 0 Å². The molecule has 0 saturated heterocycles. The molecule has 0 aromatic heterocycles. The van der Waals surface area contributed by atoms with Crippen molar-refractivity contribution in [1.29, 1.82) is 0 Å². The van der Waals surface area contributed by atoms with Crippen LogP contribution in [-0.4, -0.2) is 32.1 Å². The second-order valence-corrected chi connectivity index (χ2v) is 7.95. The van der Waals surface area contributed by atoms with Gasteiger partial charge in [0.15, 0.2) is 0 Å². The van der Waals surface area contributed by atoms with Crippen LogP contribution < -0.4 is 10.6 Å². The zero-order valence-electron chi connectivity index (χ0n) is 17.5. The van der Waals surface area contributed by atoms with Crippen LogP contribution in [0.1, 0.15) is 32.7 Å². The number of anilines is 1. The van der Waals surface area contributed by atoms with Gasteiger partial charge in [0.05, 0.1) is 11.3 Å². The molecule has 0 heterocycles. The fraction of sp³-hybridized carbons (Fsp3) is 0.200. The first-order valence-corrected chi connectivity index (χ1v) is 11.1. The van der Waals surface area contributed by atoms with Crippen molar-refractivity contribution in [3.05, 3.63) is 95.6 Å². The Hall–Kier alpha value is -3.09. The summed E-state index contributed by atoms with van der Waals surface area (Å²) in [6.07, 6.45) is 0.728. The minimum Gasteiger partial charge on any atom is -0.385 e. The summed E-state index contributed by atoms with van der Waals surface area (Å²) in [5.41, 5.74) is 2.61. The molecule has 0 fully saturated rings. The number of amides is 2. The Bertz CT molecular complexity index is 991. The predicted molar refractivity (Wildman–Crippen MR) is 126 cm³/mol. The van der Waals surface area contributed by atoms with Crippen LogP contribution in [0.4, 0.5) is 5.69 Å².